The summed E-state index contributed by atoms with van der Waals surface area (Å²) in [5.74, 6) is 0.782. The fourth-order valence-corrected chi connectivity index (χ4v) is 2.62. The van der Waals surface area contributed by atoms with Crippen molar-refractivity contribution in [2.75, 3.05) is 6.54 Å². The standard InChI is InChI=1S/C15H20ClN/c1-12(14-9-5-6-10-15(14)16)17-11-13-7-3-2-4-8-13/h2-3,5-6,9-10,12-13,17H,4,7-8,11H2,1H3. The van der Waals surface area contributed by atoms with Crippen LogP contribution in [0.15, 0.2) is 36.4 Å². The lowest BCUT2D eigenvalue weighted by Gasteiger charge is -2.22. The zero-order valence-corrected chi connectivity index (χ0v) is 11.1. The van der Waals surface area contributed by atoms with Crippen molar-refractivity contribution in [3.05, 3.63) is 47.0 Å². The minimum absolute atomic E-state index is 0.328. The van der Waals surface area contributed by atoms with Gasteiger partial charge in [-0.25, -0.2) is 0 Å². The van der Waals surface area contributed by atoms with Crippen molar-refractivity contribution in [2.24, 2.45) is 5.92 Å². The van der Waals surface area contributed by atoms with Gasteiger partial charge in [-0.2, -0.15) is 0 Å². The molecule has 0 aromatic heterocycles. The van der Waals surface area contributed by atoms with E-state index < -0.39 is 0 Å². The van der Waals surface area contributed by atoms with Crippen molar-refractivity contribution in [2.45, 2.75) is 32.2 Å². The topological polar surface area (TPSA) is 12.0 Å². The van der Waals surface area contributed by atoms with E-state index in [9.17, 15) is 0 Å². The fourth-order valence-electron chi connectivity index (χ4n) is 2.32. The second kappa shape index (κ2) is 6.23. The molecular weight excluding hydrogens is 230 g/mol. The monoisotopic (exact) mass is 249 g/mol. The highest BCUT2D eigenvalue weighted by atomic mass is 35.5. The molecule has 0 aliphatic heterocycles. The summed E-state index contributed by atoms with van der Waals surface area (Å²) in [6.07, 6.45) is 8.33. The molecule has 0 amide bonds. The van der Waals surface area contributed by atoms with Crippen molar-refractivity contribution in [3.8, 4) is 0 Å². The maximum absolute atomic E-state index is 6.19. The van der Waals surface area contributed by atoms with E-state index in [1.807, 2.05) is 18.2 Å². The quantitative estimate of drug-likeness (QED) is 0.783. The van der Waals surface area contributed by atoms with E-state index in [4.69, 9.17) is 11.6 Å². The Morgan fingerprint density at radius 2 is 2.18 bits per heavy atom. The summed E-state index contributed by atoms with van der Waals surface area (Å²) in [5, 5.41) is 4.45. The van der Waals surface area contributed by atoms with Crippen LogP contribution in [-0.2, 0) is 0 Å². The van der Waals surface area contributed by atoms with Crippen molar-refractivity contribution in [1.29, 1.82) is 0 Å². The molecule has 1 aromatic carbocycles. The lowest BCUT2D eigenvalue weighted by Crippen LogP contribution is -2.26. The number of halogens is 1. The molecule has 0 bridgehead atoms. The first-order valence-electron chi connectivity index (χ1n) is 6.40. The molecule has 1 aliphatic rings. The second-order valence-electron chi connectivity index (χ2n) is 4.80. The molecule has 0 fully saturated rings. The molecule has 0 spiro atoms. The molecule has 92 valence electrons. The van der Waals surface area contributed by atoms with Gasteiger partial charge in [0.05, 0.1) is 0 Å². The van der Waals surface area contributed by atoms with Crippen molar-refractivity contribution in [1.82, 2.24) is 5.32 Å². The Balaban J connectivity index is 1.87. The zero-order valence-electron chi connectivity index (χ0n) is 10.3. The first kappa shape index (κ1) is 12.7. The summed E-state index contributed by atoms with van der Waals surface area (Å²) in [6.45, 7) is 3.26. The van der Waals surface area contributed by atoms with E-state index in [0.717, 1.165) is 17.5 Å². The molecule has 2 rings (SSSR count). The highest BCUT2D eigenvalue weighted by molar-refractivity contribution is 6.31. The smallest absolute Gasteiger partial charge is 0.0453 e. The Hall–Kier alpha value is -0.790. The minimum Gasteiger partial charge on any atom is -0.310 e. The van der Waals surface area contributed by atoms with Crippen LogP contribution in [0.25, 0.3) is 0 Å². The van der Waals surface area contributed by atoms with E-state index in [-0.39, 0.29) is 0 Å². The van der Waals surface area contributed by atoms with Gasteiger partial charge in [0.25, 0.3) is 0 Å². The van der Waals surface area contributed by atoms with Crippen LogP contribution in [0.3, 0.4) is 0 Å². The van der Waals surface area contributed by atoms with Gasteiger partial charge in [-0.15, -0.1) is 0 Å². The Labute approximate surface area is 109 Å². The van der Waals surface area contributed by atoms with Gasteiger partial charge < -0.3 is 5.32 Å². The SMILES string of the molecule is CC(NCC1CC=CCC1)c1ccccc1Cl. The van der Waals surface area contributed by atoms with Crippen LogP contribution in [0.1, 0.15) is 37.8 Å². The largest absolute Gasteiger partial charge is 0.310 e. The van der Waals surface area contributed by atoms with Gasteiger partial charge in [-0.1, -0.05) is 42.0 Å². The molecule has 1 nitrogen and oxygen atoms in total. The van der Waals surface area contributed by atoms with Gasteiger partial charge in [-0.3, -0.25) is 0 Å². The molecule has 0 saturated heterocycles. The Kier molecular flexibility index (Phi) is 4.64. The third kappa shape index (κ3) is 3.58. The third-order valence-corrected chi connectivity index (χ3v) is 3.81. The minimum atomic E-state index is 0.328. The first-order valence-corrected chi connectivity index (χ1v) is 6.78. The van der Waals surface area contributed by atoms with E-state index in [0.29, 0.717) is 6.04 Å². The predicted molar refractivity (Wildman–Crippen MR) is 74.4 cm³/mol. The van der Waals surface area contributed by atoms with Crippen LogP contribution >= 0.6 is 11.6 Å². The average Bonchev–Trinajstić information content (AvgIpc) is 2.38. The molecule has 1 N–H and O–H groups in total. The van der Waals surface area contributed by atoms with Crippen LogP contribution in [0.2, 0.25) is 5.02 Å². The lowest BCUT2D eigenvalue weighted by molar-refractivity contribution is 0.415. The van der Waals surface area contributed by atoms with E-state index in [1.165, 1.54) is 24.8 Å². The summed E-state index contributed by atoms with van der Waals surface area (Å²) in [4.78, 5) is 0. The molecule has 17 heavy (non-hydrogen) atoms. The van der Waals surface area contributed by atoms with Gasteiger partial charge in [0.2, 0.25) is 0 Å². The molecule has 0 radical (unpaired) electrons. The van der Waals surface area contributed by atoms with Crippen LogP contribution in [0.5, 0.6) is 0 Å². The maximum atomic E-state index is 6.19. The molecule has 1 aliphatic carbocycles. The van der Waals surface area contributed by atoms with Crippen LogP contribution in [-0.4, -0.2) is 6.54 Å². The molecular formula is C15H20ClN. The summed E-state index contributed by atoms with van der Waals surface area (Å²) in [7, 11) is 0. The van der Waals surface area contributed by atoms with Gasteiger partial charge >= 0.3 is 0 Å². The number of rotatable bonds is 4. The molecule has 2 unspecified atom stereocenters. The predicted octanol–water partition coefficient (Wildman–Crippen LogP) is 4.35. The summed E-state index contributed by atoms with van der Waals surface area (Å²) >= 11 is 6.19. The molecule has 0 heterocycles. The summed E-state index contributed by atoms with van der Waals surface area (Å²) < 4.78 is 0. The van der Waals surface area contributed by atoms with Gasteiger partial charge in [-0.05, 0) is 50.3 Å². The molecule has 2 atom stereocenters. The average molecular weight is 250 g/mol. The Morgan fingerprint density at radius 3 is 2.88 bits per heavy atom. The van der Waals surface area contributed by atoms with E-state index in [1.54, 1.807) is 0 Å². The number of benzene rings is 1. The van der Waals surface area contributed by atoms with Gasteiger partial charge in [0.1, 0.15) is 0 Å². The third-order valence-electron chi connectivity index (χ3n) is 3.46. The molecule has 2 heteroatoms. The zero-order chi connectivity index (χ0) is 12.1. The van der Waals surface area contributed by atoms with E-state index in [2.05, 4.69) is 30.5 Å². The molecule has 0 saturated carbocycles. The molecule has 1 aromatic rings. The van der Waals surface area contributed by atoms with Crippen LogP contribution < -0.4 is 5.32 Å². The Morgan fingerprint density at radius 1 is 1.35 bits per heavy atom. The van der Waals surface area contributed by atoms with Crippen molar-refractivity contribution < 1.29 is 0 Å². The maximum Gasteiger partial charge on any atom is 0.0453 e. The highest BCUT2D eigenvalue weighted by Gasteiger charge is 2.13. The number of allylic oxidation sites excluding steroid dienone is 2. The normalized spacial score (nSPS) is 21.4. The number of hydrogen-bond donors (Lipinski definition) is 1. The lowest BCUT2D eigenvalue weighted by atomic mass is 9.94. The first-order chi connectivity index (χ1) is 8.27. The van der Waals surface area contributed by atoms with E-state index >= 15 is 0 Å². The van der Waals surface area contributed by atoms with Crippen LogP contribution in [0, 0.1) is 5.92 Å². The van der Waals surface area contributed by atoms with Crippen molar-refractivity contribution in [3.63, 3.8) is 0 Å². The van der Waals surface area contributed by atoms with Crippen molar-refractivity contribution >= 4 is 11.6 Å². The van der Waals surface area contributed by atoms with Gasteiger partial charge in [0, 0.05) is 11.1 Å². The Bertz CT molecular complexity index is 386. The number of hydrogen-bond acceptors (Lipinski definition) is 1. The highest BCUT2D eigenvalue weighted by Crippen LogP contribution is 2.23. The second-order valence-corrected chi connectivity index (χ2v) is 5.21. The van der Waals surface area contributed by atoms with Gasteiger partial charge in [0.15, 0.2) is 0 Å². The fraction of sp³-hybridized carbons (Fsp3) is 0.467. The summed E-state index contributed by atoms with van der Waals surface area (Å²) in [6, 6.07) is 8.40. The number of nitrogens with one attached hydrogen (secondary N) is 1. The summed E-state index contributed by atoms with van der Waals surface area (Å²) in [5.41, 5.74) is 1.19. The van der Waals surface area contributed by atoms with Crippen LogP contribution in [0.4, 0.5) is 0 Å².